The van der Waals surface area contributed by atoms with Crippen molar-refractivity contribution < 1.29 is 0 Å². The second-order valence-electron chi connectivity index (χ2n) is 13.6. The van der Waals surface area contributed by atoms with Crippen molar-refractivity contribution in [3.05, 3.63) is 188 Å². The highest BCUT2D eigenvalue weighted by atomic mass is 15.0. The molecule has 242 valence electrons. The molecule has 3 heterocycles. The molecule has 0 saturated heterocycles. The molecule has 0 aliphatic rings. The van der Waals surface area contributed by atoms with Gasteiger partial charge in [0.1, 0.15) is 0 Å². The zero-order valence-corrected chi connectivity index (χ0v) is 28.2. The Bertz CT molecular complexity index is 3130. The van der Waals surface area contributed by atoms with E-state index in [-0.39, 0.29) is 0 Å². The van der Waals surface area contributed by atoms with E-state index in [2.05, 4.69) is 197 Å². The molecule has 11 aromatic rings. The molecule has 0 amide bonds. The van der Waals surface area contributed by atoms with E-state index in [0.717, 1.165) is 50.0 Å². The smallest absolute Gasteiger partial charge is 0.0789 e. The van der Waals surface area contributed by atoms with E-state index in [1.165, 1.54) is 49.0 Å². The van der Waals surface area contributed by atoms with Gasteiger partial charge in [0.2, 0.25) is 0 Å². The van der Waals surface area contributed by atoms with Gasteiger partial charge in [-0.3, -0.25) is 0 Å². The van der Waals surface area contributed by atoms with Gasteiger partial charge in [-0.1, -0.05) is 121 Å². The van der Waals surface area contributed by atoms with Crippen LogP contribution in [0.5, 0.6) is 0 Å². The first-order valence-corrected chi connectivity index (χ1v) is 17.8. The van der Waals surface area contributed by atoms with Crippen molar-refractivity contribution >= 4 is 65.3 Å². The maximum Gasteiger partial charge on any atom is 0.0789 e. The molecule has 52 heavy (non-hydrogen) atoms. The summed E-state index contributed by atoms with van der Waals surface area (Å²) in [7, 11) is 0. The lowest BCUT2D eigenvalue weighted by atomic mass is 9.96. The van der Waals surface area contributed by atoms with Crippen molar-refractivity contribution in [3.8, 4) is 33.8 Å². The van der Waals surface area contributed by atoms with E-state index < -0.39 is 0 Å². The largest absolute Gasteiger partial charge is 0.309 e. The summed E-state index contributed by atoms with van der Waals surface area (Å²) in [6.07, 6.45) is 0. The first kappa shape index (κ1) is 28.8. The molecule has 0 N–H and O–H groups in total. The quantitative estimate of drug-likeness (QED) is 0.172. The molecule has 0 spiro atoms. The van der Waals surface area contributed by atoms with Crippen LogP contribution in [0.1, 0.15) is 0 Å². The highest BCUT2D eigenvalue weighted by Gasteiger charge is 2.18. The van der Waals surface area contributed by atoms with E-state index in [1.807, 2.05) is 0 Å². The van der Waals surface area contributed by atoms with Crippen molar-refractivity contribution in [2.75, 3.05) is 0 Å². The number of rotatable bonds is 4. The molecule has 0 saturated carbocycles. The molecule has 3 aromatic heterocycles. The third-order valence-electron chi connectivity index (χ3n) is 10.7. The number of aromatic nitrogens is 3. The van der Waals surface area contributed by atoms with Gasteiger partial charge in [-0.05, 0) is 83.2 Å². The van der Waals surface area contributed by atoms with Crippen LogP contribution in [0.3, 0.4) is 0 Å². The third kappa shape index (κ3) is 4.30. The van der Waals surface area contributed by atoms with E-state index >= 15 is 0 Å². The van der Waals surface area contributed by atoms with E-state index in [9.17, 15) is 0 Å². The Hall–Kier alpha value is -6.97. The molecule has 0 aliphatic heterocycles. The fourth-order valence-corrected chi connectivity index (χ4v) is 8.36. The fraction of sp³-hybridized carbons (Fsp3) is 0. The molecule has 0 radical (unpaired) electrons. The maximum atomic E-state index is 5.38. The zero-order valence-electron chi connectivity index (χ0n) is 28.2. The molecular formula is C49H31N3. The zero-order chi connectivity index (χ0) is 34.2. The SMILES string of the molecule is c1ccc(-n2c3ccccc3c3cc4c(cc32)c(-c2cccc(-c3cccc(-n5c6ccccc6c6ccccc65)c3)c2)nc2ccccc24)cc1. The van der Waals surface area contributed by atoms with Gasteiger partial charge in [0, 0.05) is 49.3 Å². The van der Waals surface area contributed by atoms with Crippen LogP contribution in [0.25, 0.3) is 99.0 Å². The monoisotopic (exact) mass is 661 g/mol. The molecule has 3 nitrogen and oxygen atoms in total. The molecular weight excluding hydrogens is 631 g/mol. The predicted molar refractivity (Wildman–Crippen MR) is 219 cm³/mol. The number of pyridine rings is 1. The van der Waals surface area contributed by atoms with Crippen LogP contribution in [0.2, 0.25) is 0 Å². The minimum atomic E-state index is 0.987. The van der Waals surface area contributed by atoms with Crippen LogP contribution < -0.4 is 0 Å². The number of benzene rings is 8. The molecule has 8 aromatic carbocycles. The Morgan fingerprint density at radius 3 is 1.52 bits per heavy atom. The first-order valence-electron chi connectivity index (χ1n) is 17.8. The second-order valence-corrected chi connectivity index (χ2v) is 13.6. The number of para-hydroxylation sites is 5. The minimum Gasteiger partial charge on any atom is -0.309 e. The Kier molecular flexibility index (Phi) is 6.25. The lowest BCUT2D eigenvalue weighted by molar-refractivity contribution is 1.18. The Morgan fingerprint density at radius 2 is 0.808 bits per heavy atom. The van der Waals surface area contributed by atoms with Crippen LogP contribution in [0, 0.1) is 0 Å². The molecule has 0 atom stereocenters. The summed E-state index contributed by atoms with van der Waals surface area (Å²) in [4.78, 5) is 5.38. The van der Waals surface area contributed by atoms with Gasteiger partial charge >= 0.3 is 0 Å². The molecule has 0 unspecified atom stereocenters. The standard InChI is InChI=1S/C49H31N3/c1-2-17-35(18-3-1)51-47-27-11-7-23-40(47)42-30-41-37-20-4-8-24-44(37)50-49(43(41)31-48(42)51)34-16-12-14-32(28-34)33-15-13-19-36(29-33)52-45-25-9-5-21-38(45)39-22-6-10-26-46(39)52/h1-31H. The van der Waals surface area contributed by atoms with Crippen LogP contribution in [-0.2, 0) is 0 Å². The average molecular weight is 662 g/mol. The van der Waals surface area contributed by atoms with Crippen LogP contribution in [-0.4, -0.2) is 14.1 Å². The fourth-order valence-electron chi connectivity index (χ4n) is 8.36. The predicted octanol–water partition coefficient (Wildman–Crippen LogP) is 12.9. The van der Waals surface area contributed by atoms with Gasteiger partial charge in [-0.2, -0.15) is 0 Å². The van der Waals surface area contributed by atoms with Gasteiger partial charge in [0.05, 0.1) is 33.3 Å². The van der Waals surface area contributed by atoms with E-state index in [4.69, 9.17) is 4.98 Å². The van der Waals surface area contributed by atoms with Crippen LogP contribution >= 0.6 is 0 Å². The van der Waals surface area contributed by atoms with Gasteiger partial charge < -0.3 is 9.13 Å². The van der Waals surface area contributed by atoms with E-state index in [0.29, 0.717) is 0 Å². The third-order valence-corrected chi connectivity index (χ3v) is 10.7. The average Bonchev–Trinajstić information content (AvgIpc) is 3.73. The van der Waals surface area contributed by atoms with Crippen LogP contribution in [0.4, 0.5) is 0 Å². The van der Waals surface area contributed by atoms with Crippen molar-refractivity contribution in [3.63, 3.8) is 0 Å². The highest BCUT2D eigenvalue weighted by Crippen LogP contribution is 2.41. The molecule has 0 aliphatic carbocycles. The summed E-state index contributed by atoms with van der Waals surface area (Å²) in [6.45, 7) is 0. The summed E-state index contributed by atoms with van der Waals surface area (Å²) in [5, 5.41) is 8.53. The van der Waals surface area contributed by atoms with Crippen LogP contribution in [0.15, 0.2) is 188 Å². The molecule has 0 fully saturated rings. The van der Waals surface area contributed by atoms with Gasteiger partial charge in [0.25, 0.3) is 0 Å². The summed E-state index contributed by atoms with van der Waals surface area (Å²) in [5.41, 5.74) is 12.5. The second kappa shape index (κ2) is 11.3. The summed E-state index contributed by atoms with van der Waals surface area (Å²) in [6, 6.07) is 67.8. The molecule has 11 rings (SSSR count). The van der Waals surface area contributed by atoms with E-state index in [1.54, 1.807) is 0 Å². The van der Waals surface area contributed by atoms with Gasteiger partial charge in [-0.25, -0.2) is 4.98 Å². The topological polar surface area (TPSA) is 22.8 Å². The van der Waals surface area contributed by atoms with Crippen molar-refractivity contribution in [2.24, 2.45) is 0 Å². The van der Waals surface area contributed by atoms with Gasteiger partial charge in [0.15, 0.2) is 0 Å². The van der Waals surface area contributed by atoms with Gasteiger partial charge in [-0.15, -0.1) is 0 Å². The number of fused-ring (bicyclic) bond motifs is 9. The molecule has 0 bridgehead atoms. The minimum absolute atomic E-state index is 0.987. The maximum absolute atomic E-state index is 5.38. The number of hydrogen-bond donors (Lipinski definition) is 0. The highest BCUT2D eigenvalue weighted by molar-refractivity contribution is 6.20. The Labute approximate surface area is 300 Å². The lowest BCUT2D eigenvalue weighted by Crippen LogP contribution is -1.95. The number of hydrogen-bond acceptors (Lipinski definition) is 1. The summed E-state index contributed by atoms with van der Waals surface area (Å²) < 4.78 is 4.77. The first-order chi connectivity index (χ1) is 25.8. The van der Waals surface area contributed by atoms with Crippen molar-refractivity contribution in [1.82, 2.24) is 14.1 Å². The van der Waals surface area contributed by atoms with Crippen molar-refractivity contribution in [1.29, 1.82) is 0 Å². The molecule has 3 heteroatoms. The Balaban J connectivity index is 1.13. The normalized spacial score (nSPS) is 11.8. The summed E-state index contributed by atoms with van der Waals surface area (Å²) in [5.74, 6) is 0. The lowest BCUT2D eigenvalue weighted by Gasteiger charge is -2.14. The number of nitrogens with zero attached hydrogens (tertiary/aromatic N) is 3. The van der Waals surface area contributed by atoms with Crippen molar-refractivity contribution in [2.45, 2.75) is 0 Å². The summed E-state index contributed by atoms with van der Waals surface area (Å²) >= 11 is 0. The Morgan fingerprint density at radius 1 is 0.288 bits per heavy atom.